The number of ether oxygens (including phenoxy) is 2. The van der Waals surface area contributed by atoms with Crippen molar-refractivity contribution in [1.82, 2.24) is 5.32 Å². The first-order valence-electron chi connectivity index (χ1n) is 11.9. The van der Waals surface area contributed by atoms with Crippen LogP contribution in [0.1, 0.15) is 61.8 Å². The Morgan fingerprint density at radius 2 is 1.86 bits per heavy atom. The SMILES string of the molecule is COC(=O)C1=C(C)NC2=C(C(=O)CC(C)(C)C2)[C@H]1c1cc(COc2ccc(F)cc2Cl)c(C)cc1C. The first-order chi connectivity index (χ1) is 16.9. The van der Waals surface area contributed by atoms with Crippen LogP contribution in [0.2, 0.25) is 5.02 Å². The molecule has 0 unspecified atom stereocenters. The molecule has 0 aromatic heterocycles. The molecule has 1 aliphatic heterocycles. The fourth-order valence-electron chi connectivity index (χ4n) is 5.26. The third-order valence-electron chi connectivity index (χ3n) is 6.96. The Hall–Kier alpha value is -3.12. The molecule has 0 fully saturated rings. The molecule has 4 rings (SSSR count). The average molecular weight is 512 g/mol. The van der Waals surface area contributed by atoms with Crippen LogP contribution in [-0.2, 0) is 20.9 Å². The molecule has 1 N–H and O–H groups in total. The third kappa shape index (κ3) is 4.92. The number of carbonyl (C=O) groups excluding carboxylic acids is 2. The lowest BCUT2D eigenvalue weighted by molar-refractivity contribution is -0.136. The lowest BCUT2D eigenvalue weighted by Crippen LogP contribution is -2.38. The summed E-state index contributed by atoms with van der Waals surface area (Å²) in [5.74, 6) is -1.05. The van der Waals surface area contributed by atoms with Crippen LogP contribution in [0.25, 0.3) is 0 Å². The molecule has 1 atom stereocenters. The number of aryl methyl sites for hydroxylation is 2. The fourth-order valence-corrected chi connectivity index (χ4v) is 5.48. The van der Waals surface area contributed by atoms with Gasteiger partial charge in [0.2, 0.25) is 0 Å². The van der Waals surface area contributed by atoms with Crippen molar-refractivity contribution < 1.29 is 23.5 Å². The number of dihydropyridines is 1. The molecule has 7 heteroatoms. The molecule has 1 aliphatic carbocycles. The smallest absolute Gasteiger partial charge is 0.336 e. The van der Waals surface area contributed by atoms with Crippen LogP contribution >= 0.6 is 11.6 Å². The molecule has 190 valence electrons. The van der Waals surface area contributed by atoms with Gasteiger partial charge in [0.1, 0.15) is 18.2 Å². The van der Waals surface area contributed by atoms with Crippen LogP contribution in [0.4, 0.5) is 4.39 Å². The molecule has 36 heavy (non-hydrogen) atoms. The first kappa shape index (κ1) is 26.0. The van der Waals surface area contributed by atoms with E-state index in [1.807, 2.05) is 32.9 Å². The molecule has 0 radical (unpaired) electrons. The van der Waals surface area contributed by atoms with E-state index in [9.17, 15) is 14.0 Å². The van der Waals surface area contributed by atoms with Crippen molar-refractivity contribution in [1.29, 1.82) is 0 Å². The highest BCUT2D eigenvalue weighted by molar-refractivity contribution is 6.32. The minimum absolute atomic E-state index is 0.0310. The zero-order chi connectivity index (χ0) is 26.4. The molecule has 0 spiro atoms. The highest BCUT2D eigenvalue weighted by atomic mass is 35.5. The first-order valence-corrected chi connectivity index (χ1v) is 12.3. The summed E-state index contributed by atoms with van der Waals surface area (Å²) in [4.78, 5) is 26.5. The Morgan fingerprint density at radius 1 is 1.14 bits per heavy atom. The van der Waals surface area contributed by atoms with E-state index < -0.39 is 17.7 Å². The van der Waals surface area contributed by atoms with Gasteiger partial charge in [-0.1, -0.05) is 37.6 Å². The Morgan fingerprint density at radius 3 is 2.53 bits per heavy atom. The second-order valence-corrected chi connectivity index (χ2v) is 10.8. The van der Waals surface area contributed by atoms with Crippen molar-refractivity contribution in [3.05, 3.63) is 86.0 Å². The summed E-state index contributed by atoms with van der Waals surface area (Å²) in [6, 6.07) is 8.02. The molecule has 1 heterocycles. The van der Waals surface area contributed by atoms with Crippen LogP contribution < -0.4 is 10.1 Å². The molecule has 0 bridgehead atoms. The van der Waals surface area contributed by atoms with Gasteiger partial charge in [-0.05, 0) is 73.1 Å². The molecule has 2 aromatic carbocycles. The molecule has 0 saturated carbocycles. The Labute approximate surface area is 216 Å². The number of nitrogens with one attached hydrogen (secondary N) is 1. The number of ketones is 1. The number of methoxy groups -OCH3 is 1. The fraction of sp³-hybridized carbons (Fsp3) is 0.379. The summed E-state index contributed by atoms with van der Waals surface area (Å²) >= 11 is 6.14. The number of hydrogen-bond donors (Lipinski definition) is 1. The van der Waals surface area contributed by atoms with Crippen LogP contribution in [0.3, 0.4) is 0 Å². The van der Waals surface area contributed by atoms with Crippen molar-refractivity contribution in [2.75, 3.05) is 7.11 Å². The van der Waals surface area contributed by atoms with Crippen LogP contribution in [0, 0.1) is 25.1 Å². The largest absolute Gasteiger partial charge is 0.487 e. The second kappa shape index (κ2) is 9.74. The molecule has 0 saturated heterocycles. The highest BCUT2D eigenvalue weighted by Crippen LogP contribution is 2.47. The van der Waals surface area contributed by atoms with Gasteiger partial charge >= 0.3 is 5.97 Å². The normalized spacial score (nSPS) is 19.1. The van der Waals surface area contributed by atoms with Crippen molar-refractivity contribution in [3.8, 4) is 5.75 Å². The number of rotatable bonds is 5. The zero-order valence-electron chi connectivity index (χ0n) is 21.5. The van der Waals surface area contributed by atoms with Crippen LogP contribution in [0.5, 0.6) is 5.75 Å². The number of benzene rings is 2. The number of hydrogen-bond acceptors (Lipinski definition) is 5. The predicted molar refractivity (Wildman–Crippen MR) is 137 cm³/mol. The summed E-state index contributed by atoms with van der Waals surface area (Å²) < 4.78 is 24.5. The Kier molecular flexibility index (Phi) is 7.02. The summed E-state index contributed by atoms with van der Waals surface area (Å²) in [5, 5.41) is 3.53. The summed E-state index contributed by atoms with van der Waals surface area (Å²) in [6.07, 6.45) is 1.11. The number of allylic oxidation sites excluding steroid dienone is 3. The maximum absolute atomic E-state index is 13.5. The Balaban J connectivity index is 1.81. The summed E-state index contributed by atoms with van der Waals surface area (Å²) in [5.41, 5.74) is 6.12. The number of Topliss-reactive ketones (excluding diaryl/α,β-unsaturated/α-hetero) is 1. The van der Waals surface area contributed by atoms with Gasteiger partial charge in [-0.25, -0.2) is 9.18 Å². The number of carbonyl (C=O) groups is 2. The summed E-state index contributed by atoms with van der Waals surface area (Å²) in [6.45, 7) is 10.2. The lowest BCUT2D eigenvalue weighted by atomic mass is 9.68. The molecule has 0 amide bonds. The van der Waals surface area contributed by atoms with Crippen LogP contribution in [-0.4, -0.2) is 18.9 Å². The van der Waals surface area contributed by atoms with E-state index in [-0.39, 0.29) is 22.8 Å². The van der Waals surface area contributed by atoms with E-state index in [0.29, 0.717) is 35.4 Å². The Bertz CT molecular complexity index is 1320. The topological polar surface area (TPSA) is 64.6 Å². The zero-order valence-corrected chi connectivity index (χ0v) is 22.2. The molecular weight excluding hydrogens is 481 g/mol. The monoisotopic (exact) mass is 511 g/mol. The molecule has 5 nitrogen and oxygen atoms in total. The minimum Gasteiger partial charge on any atom is -0.487 e. The number of halogens is 2. The molecule has 2 aromatic rings. The van der Waals surface area contributed by atoms with Gasteiger partial charge in [-0.3, -0.25) is 4.79 Å². The standard InChI is InChI=1S/C29H31ClFNO4/c1-15-9-16(2)20(10-18(15)14-36-24-8-7-19(31)11-21(24)30)26-25(28(34)35-6)17(3)32-22-12-29(4,5)13-23(33)27(22)26/h7-11,26,32H,12-14H2,1-6H3/t26-/m0/s1. The van der Waals surface area contributed by atoms with Gasteiger partial charge in [-0.2, -0.15) is 0 Å². The second-order valence-electron chi connectivity index (χ2n) is 10.4. The van der Waals surface area contributed by atoms with Crippen molar-refractivity contribution >= 4 is 23.4 Å². The maximum Gasteiger partial charge on any atom is 0.336 e. The van der Waals surface area contributed by atoms with Gasteiger partial charge in [0.25, 0.3) is 0 Å². The van der Waals surface area contributed by atoms with E-state index in [1.54, 1.807) is 0 Å². The van der Waals surface area contributed by atoms with E-state index >= 15 is 0 Å². The van der Waals surface area contributed by atoms with Crippen LogP contribution in [0.15, 0.2) is 52.9 Å². The average Bonchev–Trinajstić information content (AvgIpc) is 2.77. The maximum atomic E-state index is 13.5. The minimum atomic E-state index is -0.550. The number of esters is 1. The van der Waals surface area contributed by atoms with E-state index in [2.05, 4.69) is 19.2 Å². The van der Waals surface area contributed by atoms with E-state index in [4.69, 9.17) is 21.1 Å². The van der Waals surface area contributed by atoms with Gasteiger partial charge in [-0.15, -0.1) is 0 Å². The molecule has 2 aliphatic rings. The summed E-state index contributed by atoms with van der Waals surface area (Å²) in [7, 11) is 1.35. The van der Waals surface area contributed by atoms with E-state index in [1.165, 1.54) is 25.3 Å². The third-order valence-corrected chi connectivity index (χ3v) is 7.25. The van der Waals surface area contributed by atoms with E-state index in [0.717, 1.165) is 28.0 Å². The lowest BCUT2D eigenvalue weighted by Gasteiger charge is -2.39. The van der Waals surface area contributed by atoms with Gasteiger partial charge in [0.15, 0.2) is 5.78 Å². The van der Waals surface area contributed by atoms with Crippen molar-refractivity contribution in [3.63, 3.8) is 0 Å². The van der Waals surface area contributed by atoms with Gasteiger partial charge in [0, 0.05) is 29.3 Å². The van der Waals surface area contributed by atoms with Gasteiger partial charge < -0.3 is 14.8 Å². The van der Waals surface area contributed by atoms with Crippen molar-refractivity contribution in [2.24, 2.45) is 5.41 Å². The van der Waals surface area contributed by atoms with Crippen molar-refractivity contribution in [2.45, 2.75) is 60.0 Å². The molecular formula is C29H31ClFNO4. The quantitative estimate of drug-likeness (QED) is 0.467. The predicted octanol–water partition coefficient (Wildman–Crippen LogP) is 6.45. The highest BCUT2D eigenvalue weighted by Gasteiger charge is 2.43. The van der Waals surface area contributed by atoms with Gasteiger partial charge in [0.05, 0.1) is 17.7 Å².